The van der Waals surface area contributed by atoms with Gasteiger partial charge in [0.15, 0.2) is 0 Å². The van der Waals surface area contributed by atoms with Crippen LogP contribution in [-0.4, -0.2) is 55.7 Å². The Labute approximate surface area is 164 Å². The van der Waals surface area contributed by atoms with Crippen LogP contribution in [0.5, 0.6) is 0 Å². The molecule has 9 heteroatoms. The molecule has 0 aliphatic heterocycles. The summed E-state index contributed by atoms with van der Waals surface area (Å²) in [7, 11) is 3.48. The van der Waals surface area contributed by atoms with Crippen molar-refractivity contribution < 1.29 is 18.0 Å². The summed E-state index contributed by atoms with van der Waals surface area (Å²) in [5.41, 5.74) is -0.886. The first-order valence-electron chi connectivity index (χ1n) is 9.72. The van der Waals surface area contributed by atoms with Gasteiger partial charge >= 0.3 is 12.2 Å². The van der Waals surface area contributed by atoms with Gasteiger partial charge in [-0.1, -0.05) is 6.07 Å². The SMILES string of the molecule is CN(C)C(=O)NC1CCC(CCNCCNc2cccc(C(F)(F)F)n2)CC1. The smallest absolute Gasteiger partial charge is 0.369 e. The first-order valence-corrected chi connectivity index (χ1v) is 9.72. The maximum atomic E-state index is 12.6. The van der Waals surface area contributed by atoms with Crippen LogP contribution in [0.1, 0.15) is 37.8 Å². The zero-order valence-corrected chi connectivity index (χ0v) is 16.5. The van der Waals surface area contributed by atoms with Crippen molar-refractivity contribution in [2.24, 2.45) is 5.92 Å². The molecule has 0 spiro atoms. The normalized spacial score (nSPS) is 19.9. The van der Waals surface area contributed by atoms with E-state index in [0.29, 0.717) is 19.0 Å². The molecule has 0 aromatic carbocycles. The van der Waals surface area contributed by atoms with Crippen LogP contribution in [0.25, 0.3) is 0 Å². The average molecular weight is 401 g/mol. The molecule has 2 rings (SSSR count). The van der Waals surface area contributed by atoms with Crippen molar-refractivity contribution >= 4 is 11.8 Å². The third kappa shape index (κ3) is 7.53. The summed E-state index contributed by atoms with van der Waals surface area (Å²) in [6.07, 6.45) is 0.860. The summed E-state index contributed by atoms with van der Waals surface area (Å²) in [6, 6.07) is 4.08. The standard InChI is InChI=1S/C19H30F3N5O/c1-27(2)18(28)25-15-8-6-14(7-9-15)10-11-23-12-13-24-17-5-3-4-16(26-17)19(20,21)22/h3-5,14-15,23H,6-13H2,1-2H3,(H,24,26)(H,25,28). The number of nitrogens with zero attached hydrogens (tertiary/aromatic N) is 2. The Balaban J connectivity index is 1.55. The largest absolute Gasteiger partial charge is 0.433 e. The highest BCUT2D eigenvalue weighted by Gasteiger charge is 2.32. The molecule has 1 aromatic heterocycles. The van der Waals surface area contributed by atoms with Gasteiger partial charge in [0, 0.05) is 33.2 Å². The van der Waals surface area contributed by atoms with Crippen molar-refractivity contribution in [3.05, 3.63) is 23.9 Å². The lowest BCUT2D eigenvalue weighted by Crippen LogP contribution is -2.43. The lowest BCUT2D eigenvalue weighted by Gasteiger charge is -2.30. The maximum absolute atomic E-state index is 12.6. The van der Waals surface area contributed by atoms with Crippen LogP contribution in [0.3, 0.4) is 0 Å². The Morgan fingerprint density at radius 3 is 2.50 bits per heavy atom. The van der Waals surface area contributed by atoms with Crippen LogP contribution in [0.2, 0.25) is 0 Å². The molecular weight excluding hydrogens is 371 g/mol. The fourth-order valence-electron chi connectivity index (χ4n) is 3.30. The second-order valence-electron chi connectivity index (χ2n) is 7.43. The maximum Gasteiger partial charge on any atom is 0.433 e. The fraction of sp³-hybridized carbons (Fsp3) is 0.684. The summed E-state index contributed by atoms with van der Waals surface area (Å²) in [4.78, 5) is 16.8. The molecule has 1 aromatic rings. The first kappa shape index (κ1) is 22.3. The molecule has 1 heterocycles. The first-order chi connectivity index (χ1) is 13.3. The topological polar surface area (TPSA) is 69.3 Å². The van der Waals surface area contributed by atoms with Crippen molar-refractivity contribution in [1.82, 2.24) is 20.5 Å². The van der Waals surface area contributed by atoms with Gasteiger partial charge in [0.25, 0.3) is 0 Å². The minimum absolute atomic E-state index is 0.0344. The molecule has 0 atom stereocenters. The third-order valence-corrected chi connectivity index (χ3v) is 4.96. The van der Waals surface area contributed by atoms with E-state index in [9.17, 15) is 18.0 Å². The van der Waals surface area contributed by atoms with Gasteiger partial charge in [0.05, 0.1) is 0 Å². The molecule has 2 amide bonds. The molecule has 1 aliphatic carbocycles. The van der Waals surface area contributed by atoms with E-state index in [4.69, 9.17) is 0 Å². The minimum atomic E-state index is -4.43. The van der Waals surface area contributed by atoms with Gasteiger partial charge in [-0.2, -0.15) is 13.2 Å². The minimum Gasteiger partial charge on any atom is -0.369 e. The van der Waals surface area contributed by atoms with Gasteiger partial charge in [0.2, 0.25) is 0 Å². The predicted molar refractivity (Wildman–Crippen MR) is 103 cm³/mol. The molecule has 0 saturated heterocycles. The molecule has 0 radical (unpaired) electrons. The number of hydrogen-bond donors (Lipinski definition) is 3. The number of rotatable bonds is 8. The second kappa shape index (κ2) is 10.5. The summed E-state index contributed by atoms with van der Waals surface area (Å²) >= 11 is 0. The molecule has 28 heavy (non-hydrogen) atoms. The highest BCUT2D eigenvalue weighted by Crippen LogP contribution is 2.28. The summed E-state index contributed by atoms with van der Waals surface area (Å²) < 4.78 is 37.9. The van der Waals surface area contributed by atoms with E-state index in [1.165, 1.54) is 12.1 Å². The summed E-state index contributed by atoms with van der Waals surface area (Å²) in [5.74, 6) is 0.882. The molecule has 0 bridgehead atoms. The number of pyridine rings is 1. The van der Waals surface area contributed by atoms with Crippen LogP contribution >= 0.6 is 0 Å². The van der Waals surface area contributed by atoms with Crippen molar-refractivity contribution in [2.45, 2.75) is 44.3 Å². The zero-order valence-electron chi connectivity index (χ0n) is 16.5. The Morgan fingerprint density at radius 1 is 1.14 bits per heavy atom. The van der Waals surface area contributed by atoms with Gasteiger partial charge in [-0.25, -0.2) is 9.78 Å². The fourth-order valence-corrected chi connectivity index (χ4v) is 3.30. The Bertz CT molecular complexity index is 616. The van der Waals surface area contributed by atoms with E-state index in [1.807, 2.05) is 0 Å². The van der Waals surface area contributed by atoms with E-state index in [2.05, 4.69) is 20.9 Å². The number of urea groups is 1. The van der Waals surface area contributed by atoms with Crippen molar-refractivity contribution in [2.75, 3.05) is 39.0 Å². The molecule has 158 valence electrons. The molecule has 0 unspecified atom stereocenters. The van der Waals surface area contributed by atoms with E-state index in [0.717, 1.165) is 44.7 Å². The van der Waals surface area contributed by atoms with Crippen molar-refractivity contribution in [3.63, 3.8) is 0 Å². The third-order valence-electron chi connectivity index (χ3n) is 4.96. The van der Waals surface area contributed by atoms with Crippen molar-refractivity contribution in [1.29, 1.82) is 0 Å². The Kier molecular flexibility index (Phi) is 8.35. The van der Waals surface area contributed by atoms with Gasteiger partial charge in [0.1, 0.15) is 11.5 Å². The van der Waals surface area contributed by atoms with Crippen LogP contribution in [0.4, 0.5) is 23.8 Å². The van der Waals surface area contributed by atoms with E-state index in [-0.39, 0.29) is 17.9 Å². The molecular formula is C19H30F3N5O. The number of halogens is 3. The van der Waals surface area contributed by atoms with Crippen molar-refractivity contribution in [3.8, 4) is 0 Å². The Hall–Kier alpha value is -2.03. The van der Waals surface area contributed by atoms with Gasteiger partial charge < -0.3 is 20.9 Å². The summed E-state index contributed by atoms with van der Waals surface area (Å²) in [5, 5.41) is 9.27. The quantitative estimate of drug-likeness (QED) is 0.585. The predicted octanol–water partition coefficient (Wildman–Crippen LogP) is 3.32. The van der Waals surface area contributed by atoms with Crippen LogP contribution in [-0.2, 0) is 6.18 Å². The number of amides is 2. The molecule has 1 saturated carbocycles. The van der Waals surface area contributed by atoms with E-state index >= 15 is 0 Å². The average Bonchev–Trinajstić information content (AvgIpc) is 2.65. The lowest BCUT2D eigenvalue weighted by molar-refractivity contribution is -0.141. The van der Waals surface area contributed by atoms with Crippen LogP contribution < -0.4 is 16.0 Å². The molecule has 3 N–H and O–H groups in total. The van der Waals surface area contributed by atoms with Gasteiger partial charge in [-0.05, 0) is 56.7 Å². The van der Waals surface area contributed by atoms with Gasteiger partial charge in [-0.3, -0.25) is 0 Å². The number of carbonyl (C=O) groups excluding carboxylic acids is 1. The van der Waals surface area contributed by atoms with Crippen LogP contribution in [0.15, 0.2) is 18.2 Å². The zero-order chi connectivity index (χ0) is 20.6. The number of hydrogen-bond acceptors (Lipinski definition) is 4. The second-order valence-corrected chi connectivity index (χ2v) is 7.43. The number of carbonyl (C=O) groups is 1. The number of alkyl halides is 3. The Morgan fingerprint density at radius 2 is 1.86 bits per heavy atom. The van der Waals surface area contributed by atoms with E-state index in [1.54, 1.807) is 19.0 Å². The highest BCUT2D eigenvalue weighted by molar-refractivity contribution is 5.73. The molecule has 6 nitrogen and oxygen atoms in total. The molecule has 1 aliphatic rings. The number of anilines is 1. The lowest BCUT2D eigenvalue weighted by atomic mass is 9.84. The monoisotopic (exact) mass is 401 g/mol. The van der Waals surface area contributed by atoms with Crippen LogP contribution in [0, 0.1) is 5.92 Å². The van der Waals surface area contributed by atoms with E-state index < -0.39 is 11.9 Å². The molecule has 1 fully saturated rings. The number of nitrogens with one attached hydrogen (secondary N) is 3. The van der Waals surface area contributed by atoms with Gasteiger partial charge in [-0.15, -0.1) is 0 Å². The number of aromatic nitrogens is 1. The summed E-state index contributed by atoms with van der Waals surface area (Å²) in [6.45, 7) is 2.04. The highest BCUT2D eigenvalue weighted by atomic mass is 19.4.